The van der Waals surface area contributed by atoms with E-state index >= 15 is 0 Å². The molecule has 2 heterocycles. The van der Waals surface area contributed by atoms with Gasteiger partial charge in [0.2, 0.25) is 5.91 Å². The van der Waals surface area contributed by atoms with Crippen LogP contribution in [0.1, 0.15) is 30.1 Å². The van der Waals surface area contributed by atoms with Gasteiger partial charge in [0, 0.05) is 19.8 Å². The first-order chi connectivity index (χ1) is 11.5. The summed E-state index contributed by atoms with van der Waals surface area (Å²) < 4.78 is 14.5. The number of carbonyl (C=O) groups is 1. The summed E-state index contributed by atoms with van der Waals surface area (Å²) in [7, 11) is 1.78. The molecule has 1 aliphatic rings. The number of amides is 1. The Labute approximate surface area is 139 Å². The number of hydrogen-bond acceptors (Lipinski definition) is 4. The van der Waals surface area contributed by atoms with Crippen LogP contribution in [0.25, 0.3) is 0 Å². The molecule has 3 rings (SSSR count). The van der Waals surface area contributed by atoms with E-state index in [0.29, 0.717) is 19.3 Å². The number of carbonyl (C=O) groups excluding carboxylic acids is 1. The van der Waals surface area contributed by atoms with Gasteiger partial charge in [0.25, 0.3) is 0 Å². The number of nitrogens with zero attached hydrogens (tertiary/aromatic N) is 4. The topological polar surface area (TPSA) is 71.2 Å². The van der Waals surface area contributed by atoms with Gasteiger partial charge in [-0.25, -0.2) is 9.07 Å². The third kappa shape index (κ3) is 3.79. The number of likely N-dealkylation sites (N-methyl/N-ethyl adjacent to an activating group) is 1. The number of aryl methyl sites for hydroxylation is 1. The summed E-state index contributed by atoms with van der Waals surface area (Å²) >= 11 is 0. The highest BCUT2D eigenvalue weighted by molar-refractivity contribution is 5.82. The minimum Gasteiger partial charge on any atom is -0.393 e. The summed E-state index contributed by atoms with van der Waals surface area (Å²) in [5.41, 5.74) is 1.66. The molecule has 1 amide bonds. The lowest BCUT2D eigenvalue weighted by Gasteiger charge is -2.10. The molecule has 0 saturated carbocycles. The summed E-state index contributed by atoms with van der Waals surface area (Å²) in [6.07, 6.45) is 3.59. The molecule has 24 heavy (non-hydrogen) atoms. The van der Waals surface area contributed by atoms with Crippen molar-refractivity contribution in [2.75, 3.05) is 13.6 Å². The van der Waals surface area contributed by atoms with Gasteiger partial charge in [-0.3, -0.25) is 4.79 Å². The van der Waals surface area contributed by atoms with Crippen molar-refractivity contribution in [1.82, 2.24) is 19.9 Å². The third-order valence-electron chi connectivity index (χ3n) is 4.39. The number of aromatic nitrogens is 3. The summed E-state index contributed by atoms with van der Waals surface area (Å²) in [4.78, 5) is 13.7. The van der Waals surface area contributed by atoms with Crippen molar-refractivity contribution < 1.29 is 14.3 Å². The average Bonchev–Trinajstić information content (AvgIpc) is 3.15. The van der Waals surface area contributed by atoms with E-state index in [-0.39, 0.29) is 17.8 Å². The summed E-state index contributed by atoms with van der Waals surface area (Å²) in [6, 6.07) is 5.88. The van der Waals surface area contributed by atoms with Crippen molar-refractivity contribution in [3.63, 3.8) is 0 Å². The predicted octanol–water partition coefficient (Wildman–Crippen LogP) is 1.36. The number of halogens is 1. The number of rotatable bonds is 6. The van der Waals surface area contributed by atoms with Crippen LogP contribution >= 0.6 is 0 Å². The minimum atomic E-state index is -0.528. The first-order valence-electron chi connectivity index (χ1n) is 8.11. The quantitative estimate of drug-likeness (QED) is 0.867. The lowest BCUT2D eigenvalue weighted by atomic mass is 10.0. The molecular formula is C17H21FN4O2. The SMILES string of the molecule is CN1CCC(n2cc(CCC(O)Cc3ccc(F)cc3)nn2)C1=O. The Morgan fingerprint density at radius 1 is 1.38 bits per heavy atom. The van der Waals surface area contributed by atoms with Gasteiger partial charge in [-0.1, -0.05) is 17.3 Å². The van der Waals surface area contributed by atoms with Gasteiger partial charge >= 0.3 is 0 Å². The van der Waals surface area contributed by atoms with Crippen LogP contribution in [0.15, 0.2) is 30.5 Å². The molecule has 1 aromatic carbocycles. The molecule has 0 radical (unpaired) electrons. The molecule has 2 aromatic rings. The second-order valence-corrected chi connectivity index (χ2v) is 6.28. The van der Waals surface area contributed by atoms with Crippen LogP contribution in [0.3, 0.4) is 0 Å². The normalized spacial score (nSPS) is 19.0. The van der Waals surface area contributed by atoms with Gasteiger partial charge in [-0.2, -0.15) is 0 Å². The highest BCUT2D eigenvalue weighted by Gasteiger charge is 2.31. The van der Waals surface area contributed by atoms with Gasteiger partial charge in [0.15, 0.2) is 0 Å². The Morgan fingerprint density at radius 3 is 2.79 bits per heavy atom. The van der Waals surface area contributed by atoms with Crippen LogP contribution in [-0.2, 0) is 17.6 Å². The number of hydrogen-bond donors (Lipinski definition) is 1. The molecule has 1 fully saturated rings. The first-order valence-corrected chi connectivity index (χ1v) is 8.11. The van der Waals surface area contributed by atoms with E-state index in [2.05, 4.69) is 10.3 Å². The van der Waals surface area contributed by atoms with Crippen molar-refractivity contribution in [3.05, 3.63) is 47.5 Å². The lowest BCUT2D eigenvalue weighted by molar-refractivity contribution is -0.129. The molecular weight excluding hydrogens is 311 g/mol. The van der Waals surface area contributed by atoms with E-state index in [9.17, 15) is 14.3 Å². The van der Waals surface area contributed by atoms with Gasteiger partial charge in [-0.05, 0) is 43.4 Å². The summed E-state index contributed by atoms with van der Waals surface area (Å²) in [5.74, 6) is -0.222. The lowest BCUT2D eigenvalue weighted by Crippen LogP contribution is -2.24. The Balaban J connectivity index is 1.52. The molecule has 0 bridgehead atoms. The maximum absolute atomic E-state index is 12.9. The molecule has 2 unspecified atom stereocenters. The molecule has 6 nitrogen and oxygen atoms in total. The maximum atomic E-state index is 12.9. The monoisotopic (exact) mass is 332 g/mol. The van der Waals surface area contributed by atoms with E-state index in [4.69, 9.17) is 0 Å². The second kappa shape index (κ2) is 7.09. The van der Waals surface area contributed by atoms with Crippen LogP contribution in [0, 0.1) is 5.82 Å². The van der Waals surface area contributed by atoms with Crippen molar-refractivity contribution in [1.29, 1.82) is 0 Å². The van der Waals surface area contributed by atoms with Crippen molar-refractivity contribution in [2.24, 2.45) is 0 Å². The molecule has 1 N–H and O–H groups in total. The molecule has 1 saturated heterocycles. The van der Waals surface area contributed by atoms with E-state index in [1.807, 2.05) is 0 Å². The zero-order chi connectivity index (χ0) is 17.1. The zero-order valence-electron chi connectivity index (χ0n) is 13.6. The molecule has 7 heteroatoms. The number of benzene rings is 1. The third-order valence-corrected chi connectivity index (χ3v) is 4.39. The van der Waals surface area contributed by atoms with Crippen molar-refractivity contribution in [3.8, 4) is 0 Å². The van der Waals surface area contributed by atoms with Crippen molar-refractivity contribution >= 4 is 5.91 Å². The standard InChI is InChI=1S/C17H21FN4O2/c1-21-9-8-16(17(21)24)22-11-14(19-20-22)6-7-15(23)10-12-2-4-13(18)5-3-12/h2-5,11,15-16,23H,6-10H2,1H3. The van der Waals surface area contributed by atoms with E-state index in [0.717, 1.165) is 24.2 Å². The van der Waals surface area contributed by atoms with E-state index in [1.165, 1.54) is 12.1 Å². The average molecular weight is 332 g/mol. The van der Waals surface area contributed by atoms with Crippen LogP contribution < -0.4 is 0 Å². The largest absolute Gasteiger partial charge is 0.393 e. The molecule has 1 aliphatic heterocycles. The Kier molecular flexibility index (Phi) is 4.89. The Bertz CT molecular complexity index is 701. The van der Waals surface area contributed by atoms with Crippen molar-refractivity contribution in [2.45, 2.75) is 37.8 Å². The fourth-order valence-corrected chi connectivity index (χ4v) is 2.94. The number of aliphatic hydroxyl groups is 1. The fraction of sp³-hybridized carbons (Fsp3) is 0.471. The molecule has 1 aromatic heterocycles. The molecule has 2 atom stereocenters. The van der Waals surface area contributed by atoms with Gasteiger partial charge < -0.3 is 10.0 Å². The minimum absolute atomic E-state index is 0.0581. The number of likely N-dealkylation sites (tertiary alicyclic amines) is 1. The van der Waals surface area contributed by atoms with Crippen LogP contribution in [-0.4, -0.2) is 50.6 Å². The van der Waals surface area contributed by atoms with Crippen LogP contribution in [0.2, 0.25) is 0 Å². The highest BCUT2D eigenvalue weighted by atomic mass is 19.1. The first kappa shape index (κ1) is 16.6. The van der Waals surface area contributed by atoms with Gasteiger partial charge in [0.05, 0.1) is 11.8 Å². The highest BCUT2D eigenvalue weighted by Crippen LogP contribution is 2.21. The van der Waals surface area contributed by atoms with Crippen LogP contribution in [0.4, 0.5) is 4.39 Å². The van der Waals surface area contributed by atoms with Gasteiger partial charge in [0.1, 0.15) is 11.9 Å². The maximum Gasteiger partial charge on any atom is 0.247 e. The summed E-state index contributed by atoms with van der Waals surface area (Å²) in [6.45, 7) is 0.731. The number of aliphatic hydroxyl groups excluding tert-OH is 1. The van der Waals surface area contributed by atoms with E-state index < -0.39 is 6.10 Å². The Hall–Kier alpha value is -2.28. The molecule has 0 spiro atoms. The van der Waals surface area contributed by atoms with E-state index in [1.54, 1.807) is 35.0 Å². The second-order valence-electron chi connectivity index (χ2n) is 6.28. The molecule has 128 valence electrons. The van der Waals surface area contributed by atoms with Gasteiger partial charge in [-0.15, -0.1) is 5.10 Å². The molecule has 0 aliphatic carbocycles. The smallest absolute Gasteiger partial charge is 0.247 e. The van der Waals surface area contributed by atoms with Crippen LogP contribution in [0.5, 0.6) is 0 Å². The summed E-state index contributed by atoms with van der Waals surface area (Å²) in [5, 5.41) is 18.3. The zero-order valence-corrected chi connectivity index (χ0v) is 13.6. The predicted molar refractivity (Wildman–Crippen MR) is 85.7 cm³/mol. The Morgan fingerprint density at radius 2 is 2.12 bits per heavy atom. The fourth-order valence-electron chi connectivity index (χ4n) is 2.94.